The van der Waals surface area contributed by atoms with E-state index in [9.17, 15) is 14.9 Å². The first-order chi connectivity index (χ1) is 7.60. The van der Waals surface area contributed by atoms with Gasteiger partial charge in [-0.1, -0.05) is 0 Å². The number of amides is 1. The number of carbonyl (C=O) groups is 1. The molecule has 1 amide bonds. The topological polar surface area (TPSA) is 81.5 Å². The number of benzene rings is 1. The second-order valence-corrected chi connectivity index (χ2v) is 3.63. The first-order valence-corrected chi connectivity index (χ1v) is 5.48. The van der Waals surface area contributed by atoms with Gasteiger partial charge in [0, 0.05) is 11.6 Å². The standard InChI is InChI=1S/C9H10N2O4S/c1-15-10-9(12)6-3-4-8(16-2)7(5-6)11(13)14/h3-5H,1-2H3,(H,10,12). The lowest BCUT2D eigenvalue weighted by atomic mass is 10.2. The van der Waals surface area contributed by atoms with Crippen molar-refractivity contribution in [3.05, 3.63) is 33.9 Å². The third kappa shape index (κ3) is 2.71. The van der Waals surface area contributed by atoms with Gasteiger partial charge in [-0.2, -0.15) is 0 Å². The van der Waals surface area contributed by atoms with Crippen molar-refractivity contribution in [1.29, 1.82) is 0 Å². The van der Waals surface area contributed by atoms with E-state index < -0.39 is 10.8 Å². The molecule has 0 saturated heterocycles. The van der Waals surface area contributed by atoms with Gasteiger partial charge >= 0.3 is 0 Å². The van der Waals surface area contributed by atoms with Crippen LogP contribution in [0, 0.1) is 10.1 Å². The Hall–Kier alpha value is -1.60. The van der Waals surface area contributed by atoms with Crippen LogP contribution in [0.5, 0.6) is 0 Å². The lowest BCUT2D eigenvalue weighted by Crippen LogP contribution is -2.21. The van der Waals surface area contributed by atoms with Crippen molar-refractivity contribution in [2.75, 3.05) is 13.4 Å². The molecular formula is C9H10N2O4S. The first kappa shape index (κ1) is 12.5. The lowest BCUT2D eigenvalue weighted by molar-refractivity contribution is -0.387. The van der Waals surface area contributed by atoms with Gasteiger partial charge in [0.25, 0.3) is 11.6 Å². The Morgan fingerprint density at radius 2 is 2.25 bits per heavy atom. The summed E-state index contributed by atoms with van der Waals surface area (Å²) in [5.41, 5.74) is 2.20. The van der Waals surface area contributed by atoms with E-state index in [4.69, 9.17) is 0 Å². The maximum Gasteiger partial charge on any atom is 0.283 e. The number of thioether (sulfide) groups is 1. The zero-order valence-corrected chi connectivity index (χ0v) is 9.54. The van der Waals surface area contributed by atoms with Crippen LogP contribution in [0.15, 0.2) is 23.1 Å². The monoisotopic (exact) mass is 242 g/mol. The Labute approximate surface area is 96.1 Å². The van der Waals surface area contributed by atoms with Gasteiger partial charge in [0.05, 0.1) is 16.9 Å². The fourth-order valence-corrected chi connectivity index (χ4v) is 1.67. The van der Waals surface area contributed by atoms with Gasteiger partial charge in [-0.15, -0.1) is 11.8 Å². The van der Waals surface area contributed by atoms with Crippen LogP contribution >= 0.6 is 11.8 Å². The summed E-state index contributed by atoms with van der Waals surface area (Å²) in [4.78, 5) is 26.5. The van der Waals surface area contributed by atoms with Crippen LogP contribution in [0.1, 0.15) is 10.4 Å². The number of rotatable bonds is 4. The highest BCUT2D eigenvalue weighted by Crippen LogP contribution is 2.28. The summed E-state index contributed by atoms with van der Waals surface area (Å²) < 4.78 is 0. The van der Waals surface area contributed by atoms with E-state index in [1.165, 1.54) is 37.1 Å². The molecule has 1 rings (SSSR count). The van der Waals surface area contributed by atoms with Gasteiger partial charge in [0.2, 0.25) is 0 Å². The van der Waals surface area contributed by atoms with Crippen molar-refractivity contribution in [3.8, 4) is 0 Å². The molecule has 0 aromatic heterocycles. The highest BCUT2D eigenvalue weighted by Gasteiger charge is 2.16. The van der Waals surface area contributed by atoms with Crippen LogP contribution in [0.3, 0.4) is 0 Å². The van der Waals surface area contributed by atoms with Gasteiger partial charge < -0.3 is 0 Å². The van der Waals surface area contributed by atoms with Crippen LogP contribution in [-0.4, -0.2) is 24.2 Å². The molecule has 1 aromatic carbocycles. The molecule has 86 valence electrons. The molecule has 0 aliphatic carbocycles. The number of nitro groups is 1. The van der Waals surface area contributed by atoms with Gasteiger partial charge in [-0.3, -0.25) is 19.7 Å². The highest BCUT2D eigenvalue weighted by molar-refractivity contribution is 7.98. The summed E-state index contributed by atoms with van der Waals surface area (Å²) in [6.45, 7) is 0. The van der Waals surface area contributed by atoms with Crippen molar-refractivity contribution in [2.45, 2.75) is 4.90 Å². The molecule has 0 spiro atoms. The third-order valence-electron chi connectivity index (χ3n) is 1.83. The molecular weight excluding hydrogens is 232 g/mol. The predicted octanol–water partition coefficient (Wildman–Crippen LogP) is 1.61. The summed E-state index contributed by atoms with van der Waals surface area (Å²) in [5.74, 6) is -0.516. The van der Waals surface area contributed by atoms with Crippen molar-refractivity contribution in [1.82, 2.24) is 5.48 Å². The maximum atomic E-state index is 11.4. The second-order valence-electron chi connectivity index (χ2n) is 2.78. The molecule has 7 heteroatoms. The minimum atomic E-state index is -0.518. The minimum absolute atomic E-state index is 0.0868. The minimum Gasteiger partial charge on any atom is -0.277 e. The van der Waals surface area contributed by atoms with E-state index in [0.29, 0.717) is 4.90 Å². The zero-order chi connectivity index (χ0) is 12.1. The van der Waals surface area contributed by atoms with Crippen LogP contribution in [-0.2, 0) is 4.84 Å². The molecule has 0 bridgehead atoms. The van der Waals surface area contributed by atoms with E-state index in [1.54, 1.807) is 6.26 Å². The molecule has 0 aliphatic heterocycles. The van der Waals surface area contributed by atoms with Gasteiger partial charge in [0.1, 0.15) is 0 Å². The molecule has 1 aromatic rings. The summed E-state index contributed by atoms with van der Waals surface area (Å²) >= 11 is 1.25. The van der Waals surface area contributed by atoms with E-state index >= 15 is 0 Å². The van der Waals surface area contributed by atoms with Crippen LogP contribution in [0.25, 0.3) is 0 Å². The van der Waals surface area contributed by atoms with Crippen molar-refractivity contribution < 1.29 is 14.6 Å². The Morgan fingerprint density at radius 1 is 1.56 bits per heavy atom. The molecule has 6 nitrogen and oxygen atoms in total. The SMILES string of the molecule is CONC(=O)c1ccc(SC)c([N+](=O)[O-])c1. The number of nitrogens with one attached hydrogen (secondary N) is 1. The number of hydrogen-bond donors (Lipinski definition) is 1. The fourth-order valence-electron chi connectivity index (χ4n) is 1.13. The molecule has 0 atom stereocenters. The molecule has 0 unspecified atom stereocenters. The van der Waals surface area contributed by atoms with Crippen molar-refractivity contribution in [3.63, 3.8) is 0 Å². The maximum absolute atomic E-state index is 11.4. The van der Waals surface area contributed by atoms with Crippen LogP contribution in [0.2, 0.25) is 0 Å². The molecule has 0 radical (unpaired) electrons. The quantitative estimate of drug-likeness (QED) is 0.492. The van der Waals surface area contributed by atoms with Gasteiger partial charge in [0.15, 0.2) is 0 Å². The van der Waals surface area contributed by atoms with E-state index in [2.05, 4.69) is 10.3 Å². The third-order valence-corrected chi connectivity index (χ3v) is 2.62. The number of nitro benzene ring substituents is 1. The first-order valence-electron chi connectivity index (χ1n) is 4.26. The fraction of sp³-hybridized carbons (Fsp3) is 0.222. The zero-order valence-electron chi connectivity index (χ0n) is 8.72. The average Bonchev–Trinajstić information content (AvgIpc) is 2.28. The molecule has 0 aliphatic rings. The van der Waals surface area contributed by atoms with Gasteiger partial charge in [-0.25, -0.2) is 5.48 Å². The van der Waals surface area contributed by atoms with Crippen molar-refractivity contribution >= 4 is 23.4 Å². The van der Waals surface area contributed by atoms with E-state index in [1.807, 2.05) is 0 Å². The lowest BCUT2D eigenvalue weighted by Gasteiger charge is -2.03. The Bertz CT molecular complexity index is 422. The van der Waals surface area contributed by atoms with Gasteiger partial charge in [-0.05, 0) is 18.4 Å². The molecule has 0 fully saturated rings. The smallest absolute Gasteiger partial charge is 0.277 e. The number of hydrogen-bond acceptors (Lipinski definition) is 5. The summed E-state index contributed by atoms with van der Waals surface area (Å²) in [7, 11) is 1.29. The highest BCUT2D eigenvalue weighted by atomic mass is 32.2. The number of carbonyl (C=O) groups excluding carboxylic acids is 1. The molecule has 0 saturated carbocycles. The molecule has 0 heterocycles. The second kappa shape index (κ2) is 5.47. The number of nitrogens with zero attached hydrogens (tertiary/aromatic N) is 1. The average molecular weight is 242 g/mol. The Balaban J connectivity index is 3.11. The largest absolute Gasteiger partial charge is 0.283 e. The Morgan fingerprint density at radius 3 is 2.75 bits per heavy atom. The normalized spacial score (nSPS) is 9.88. The van der Waals surface area contributed by atoms with Crippen LogP contribution < -0.4 is 5.48 Å². The number of hydroxylamine groups is 1. The van der Waals surface area contributed by atoms with Crippen LogP contribution in [0.4, 0.5) is 5.69 Å². The summed E-state index contributed by atoms with van der Waals surface area (Å²) in [5, 5.41) is 10.7. The van der Waals surface area contributed by atoms with Crippen molar-refractivity contribution in [2.24, 2.45) is 0 Å². The van der Waals surface area contributed by atoms with E-state index in [-0.39, 0.29) is 11.3 Å². The predicted molar refractivity (Wildman–Crippen MR) is 59.4 cm³/mol. The summed E-state index contributed by atoms with van der Waals surface area (Å²) in [6, 6.07) is 4.26. The Kier molecular flexibility index (Phi) is 4.27. The molecule has 16 heavy (non-hydrogen) atoms. The summed E-state index contributed by atoms with van der Waals surface area (Å²) in [6.07, 6.45) is 1.73. The van der Waals surface area contributed by atoms with E-state index in [0.717, 1.165) is 0 Å². The molecule has 1 N–H and O–H groups in total.